The summed E-state index contributed by atoms with van der Waals surface area (Å²) in [6.07, 6.45) is 57.3. The molecule has 0 aromatic carbocycles. The molecule has 0 radical (unpaired) electrons. The summed E-state index contributed by atoms with van der Waals surface area (Å²) in [5.41, 5.74) is 0. The van der Waals surface area contributed by atoms with Gasteiger partial charge in [0, 0.05) is 19.3 Å². The van der Waals surface area contributed by atoms with Crippen LogP contribution in [0.2, 0.25) is 0 Å². The van der Waals surface area contributed by atoms with E-state index in [0.29, 0.717) is 19.3 Å². The normalized spacial score (nSPS) is 12.1. The SMILES string of the molecule is CCCCCCCC/C=C\CCCCCCCCCC(=O)OCC(COC(=O)CCCCCCCCCCCCC)OC(=O)CCCCCCC/C=C\CCCCCCCC. The van der Waals surface area contributed by atoms with E-state index >= 15 is 0 Å². The minimum atomic E-state index is -0.772. The Hall–Kier alpha value is -2.11. The van der Waals surface area contributed by atoms with Gasteiger partial charge in [-0.05, 0) is 70.6 Å². The zero-order chi connectivity index (χ0) is 44.4. The van der Waals surface area contributed by atoms with Gasteiger partial charge in [-0.1, -0.05) is 225 Å². The van der Waals surface area contributed by atoms with Crippen molar-refractivity contribution in [1.82, 2.24) is 0 Å². The highest BCUT2D eigenvalue weighted by Gasteiger charge is 2.19. The van der Waals surface area contributed by atoms with Gasteiger partial charge in [0.1, 0.15) is 13.2 Å². The smallest absolute Gasteiger partial charge is 0.306 e. The molecule has 0 saturated heterocycles. The molecule has 0 amide bonds. The van der Waals surface area contributed by atoms with Crippen molar-refractivity contribution in [2.75, 3.05) is 13.2 Å². The van der Waals surface area contributed by atoms with Gasteiger partial charge in [-0.3, -0.25) is 14.4 Å². The van der Waals surface area contributed by atoms with Gasteiger partial charge in [-0.2, -0.15) is 0 Å². The van der Waals surface area contributed by atoms with Crippen LogP contribution in [0, 0.1) is 0 Å². The average Bonchev–Trinajstić information content (AvgIpc) is 3.26. The van der Waals surface area contributed by atoms with Crippen LogP contribution in [0.15, 0.2) is 24.3 Å². The fourth-order valence-corrected chi connectivity index (χ4v) is 7.84. The second-order valence-electron chi connectivity index (χ2n) is 18.1. The quantitative estimate of drug-likeness (QED) is 0.0262. The molecule has 1 unspecified atom stereocenters. The molecular formula is C55H102O6. The fourth-order valence-electron chi connectivity index (χ4n) is 7.84. The maximum absolute atomic E-state index is 12.8. The molecule has 1 atom stereocenters. The Balaban J connectivity index is 4.33. The van der Waals surface area contributed by atoms with Crippen molar-refractivity contribution in [3.8, 4) is 0 Å². The van der Waals surface area contributed by atoms with Crippen LogP contribution in [0.1, 0.15) is 290 Å². The largest absolute Gasteiger partial charge is 0.462 e. The number of carbonyl (C=O) groups excluding carboxylic acids is 3. The van der Waals surface area contributed by atoms with E-state index in [1.165, 1.54) is 186 Å². The molecule has 0 aliphatic heterocycles. The third kappa shape index (κ3) is 48.8. The predicted molar refractivity (Wildman–Crippen MR) is 261 cm³/mol. The van der Waals surface area contributed by atoms with Gasteiger partial charge in [-0.15, -0.1) is 0 Å². The van der Waals surface area contributed by atoms with Crippen LogP contribution < -0.4 is 0 Å². The first-order valence-corrected chi connectivity index (χ1v) is 26.8. The van der Waals surface area contributed by atoms with Gasteiger partial charge in [0.25, 0.3) is 0 Å². The highest BCUT2D eigenvalue weighted by Crippen LogP contribution is 2.15. The summed E-state index contributed by atoms with van der Waals surface area (Å²) < 4.78 is 16.8. The monoisotopic (exact) mass is 859 g/mol. The molecule has 0 spiro atoms. The molecule has 358 valence electrons. The number of hydrogen-bond donors (Lipinski definition) is 0. The standard InChI is InChI=1S/C55H102O6/c1-4-7-10-13-16-19-22-24-26-27-29-30-33-36-39-42-45-48-54(57)60-51-52(50-59-53(56)47-44-41-38-35-32-21-18-15-12-9-6-3)61-55(58)49-46-43-40-37-34-31-28-25-23-20-17-14-11-8-5-2/h24-26,28,52H,4-23,27,29-51H2,1-3H3/b26-24-,28-25-. The van der Waals surface area contributed by atoms with Gasteiger partial charge in [-0.25, -0.2) is 0 Å². The maximum Gasteiger partial charge on any atom is 0.306 e. The van der Waals surface area contributed by atoms with Crippen molar-refractivity contribution in [3.05, 3.63) is 24.3 Å². The molecule has 0 saturated carbocycles. The molecule has 0 N–H and O–H groups in total. The van der Waals surface area contributed by atoms with Crippen molar-refractivity contribution in [3.63, 3.8) is 0 Å². The number of rotatable bonds is 49. The third-order valence-corrected chi connectivity index (χ3v) is 11.9. The number of carbonyl (C=O) groups is 3. The summed E-state index contributed by atoms with van der Waals surface area (Å²) in [7, 11) is 0. The maximum atomic E-state index is 12.8. The van der Waals surface area contributed by atoms with E-state index < -0.39 is 6.10 Å². The van der Waals surface area contributed by atoms with Crippen molar-refractivity contribution < 1.29 is 28.6 Å². The molecule has 0 fully saturated rings. The number of hydrogen-bond acceptors (Lipinski definition) is 6. The molecule has 6 heteroatoms. The van der Waals surface area contributed by atoms with Crippen LogP contribution in [0.3, 0.4) is 0 Å². The number of ether oxygens (including phenoxy) is 3. The summed E-state index contributed by atoms with van der Waals surface area (Å²) in [4.78, 5) is 38.0. The Morgan fingerprint density at radius 2 is 0.541 bits per heavy atom. The zero-order valence-electron chi connectivity index (χ0n) is 40.9. The summed E-state index contributed by atoms with van der Waals surface area (Å²) in [5, 5.41) is 0. The van der Waals surface area contributed by atoms with E-state index in [9.17, 15) is 14.4 Å². The van der Waals surface area contributed by atoms with Gasteiger partial charge in [0.05, 0.1) is 0 Å². The van der Waals surface area contributed by atoms with Crippen LogP contribution in [0.25, 0.3) is 0 Å². The van der Waals surface area contributed by atoms with E-state index in [0.717, 1.165) is 64.2 Å². The van der Waals surface area contributed by atoms with E-state index in [1.54, 1.807) is 0 Å². The van der Waals surface area contributed by atoms with Crippen LogP contribution in [0.5, 0.6) is 0 Å². The van der Waals surface area contributed by atoms with Gasteiger partial charge >= 0.3 is 17.9 Å². The Morgan fingerprint density at radius 3 is 0.820 bits per heavy atom. The Labute approximate surface area is 379 Å². The molecule has 0 heterocycles. The molecule has 6 nitrogen and oxygen atoms in total. The van der Waals surface area contributed by atoms with Crippen molar-refractivity contribution in [2.24, 2.45) is 0 Å². The number of unbranched alkanes of at least 4 members (excludes halogenated alkanes) is 34. The van der Waals surface area contributed by atoms with E-state index in [1.807, 2.05) is 0 Å². The van der Waals surface area contributed by atoms with E-state index in [2.05, 4.69) is 45.1 Å². The Kier molecular flexibility index (Phi) is 48.8. The second kappa shape index (κ2) is 50.5. The summed E-state index contributed by atoms with van der Waals surface area (Å²) in [6, 6.07) is 0. The van der Waals surface area contributed by atoms with Crippen LogP contribution >= 0.6 is 0 Å². The van der Waals surface area contributed by atoms with E-state index in [4.69, 9.17) is 14.2 Å². The second-order valence-corrected chi connectivity index (χ2v) is 18.1. The summed E-state index contributed by atoms with van der Waals surface area (Å²) in [6.45, 7) is 6.64. The molecule has 0 aliphatic rings. The molecule has 0 aliphatic carbocycles. The van der Waals surface area contributed by atoms with Crippen molar-refractivity contribution in [2.45, 2.75) is 297 Å². The highest BCUT2D eigenvalue weighted by atomic mass is 16.6. The first-order valence-electron chi connectivity index (χ1n) is 26.8. The molecule has 0 aromatic heterocycles. The number of esters is 3. The topological polar surface area (TPSA) is 78.9 Å². The number of allylic oxidation sites excluding steroid dienone is 4. The van der Waals surface area contributed by atoms with E-state index in [-0.39, 0.29) is 31.1 Å². The van der Waals surface area contributed by atoms with Crippen LogP contribution in [0.4, 0.5) is 0 Å². The van der Waals surface area contributed by atoms with Crippen molar-refractivity contribution >= 4 is 17.9 Å². The lowest BCUT2D eigenvalue weighted by atomic mass is 10.1. The van der Waals surface area contributed by atoms with Gasteiger partial charge in [0.2, 0.25) is 0 Å². The highest BCUT2D eigenvalue weighted by molar-refractivity contribution is 5.71. The van der Waals surface area contributed by atoms with Gasteiger partial charge < -0.3 is 14.2 Å². The lowest BCUT2D eigenvalue weighted by Crippen LogP contribution is -2.30. The van der Waals surface area contributed by atoms with Crippen LogP contribution in [-0.2, 0) is 28.6 Å². The minimum absolute atomic E-state index is 0.0722. The third-order valence-electron chi connectivity index (χ3n) is 11.9. The Morgan fingerprint density at radius 1 is 0.311 bits per heavy atom. The molecule has 0 aromatic rings. The zero-order valence-corrected chi connectivity index (χ0v) is 40.9. The fraction of sp³-hybridized carbons (Fsp3) is 0.873. The molecule has 0 rings (SSSR count). The Bertz CT molecular complexity index is 989. The van der Waals surface area contributed by atoms with Crippen LogP contribution in [-0.4, -0.2) is 37.2 Å². The minimum Gasteiger partial charge on any atom is -0.462 e. The first-order chi connectivity index (χ1) is 30.0. The lowest BCUT2D eigenvalue weighted by molar-refractivity contribution is -0.167. The molecule has 0 bridgehead atoms. The summed E-state index contributed by atoms with van der Waals surface area (Å²) in [5.74, 6) is -0.872. The first kappa shape index (κ1) is 58.9. The summed E-state index contributed by atoms with van der Waals surface area (Å²) >= 11 is 0. The lowest BCUT2D eigenvalue weighted by Gasteiger charge is -2.18. The average molecular weight is 859 g/mol. The van der Waals surface area contributed by atoms with Gasteiger partial charge in [0.15, 0.2) is 6.10 Å². The predicted octanol–water partition coefficient (Wildman–Crippen LogP) is 17.5. The van der Waals surface area contributed by atoms with Crippen molar-refractivity contribution in [1.29, 1.82) is 0 Å². The molecule has 61 heavy (non-hydrogen) atoms. The molecular weight excluding hydrogens is 757 g/mol.